The molecule has 1 aromatic carbocycles. The van der Waals surface area contributed by atoms with E-state index in [0.717, 1.165) is 0 Å². The van der Waals surface area contributed by atoms with E-state index in [1.807, 2.05) is 0 Å². The number of methoxy groups -OCH3 is 1. The van der Waals surface area contributed by atoms with Crippen molar-refractivity contribution in [2.75, 3.05) is 19.5 Å². The second-order valence-electron chi connectivity index (χ2n) is 3.43. The van der Waals surface area contributed by atoms with Crippen LogP contribution >= 0.6 is 0 Å². The summed E-state index contributed by atoms with van der Waals surface area (Å²) >= 11 is 0. The Balaban J connectivity index is 2.81. The molecule has 96 valence electrons. The van der Waals surface area contributed by atoms with E-state index in [1.54, 1.807) is 24.3 Å². The van der Waals surface area contributed by atoms with Crippen molar-refractivity contribution >= 4 is 23.5 Å². The van der Waals surface area contributed by atoms with Gasteiger partial charge in [0.25, 0.3) is 5.91 Å². The van der Waals surface area contributed by atoms with Gasteiger partial charge in [0.1, 0.15) is 6.42 Å². The number of hydrogen-bond acceptors (Lipinski definition) is 4. The highest BCUT2D eigenvalue weighted by Crippen LogP contribution is 2.15. The summed E-state index contributed by atoms with van der Waals surface area (Å²) in [6, 6.07) is 6.52. The van der Waals surface area contributed by atoms with Gasteiger partial charge in [0.15, 0.2) is 0 Å². The van der Waals surface area contributed by atoms with Crippen LogP contribution in [0.4, 0.5) is 5.69 Å². The quantitative estimate of drug-likeness (QED) is 0.603. The van der Waals surface area contributed by atoms with Crippen LogP contribution in [0.2, 0.25) is 0 Å². The fraction of sp³-hybridized carbons (Fsp3) is 0.250. The summed E-state index contributed by atoms with van der Waals surface area (Å²) < 4.78 is 4.38. The highest BCUT2D eigenvalue weighted by molar-refractivity contribution is 6.07. The highest BCUT2D eigenvalue weighted by atomic mass is 16.5. The third kappa shape index (κ3) is 3.58. The van der Waals surface area contributed by atoms with Crippen molar-refractivity contribution in [2.45, 2.75) is 6.42 Å². The topological polar surface area (TPSA) is 84.5 Å². The Bertz CT molecular complexity index is 471. The lowest BCUT2D eigenvalue weighted by atomic mass is 10.1. The van der Waals surface area contributed by atoms with Crippen molar-refractivity contribution in [3.8, 4) is 0 Å². The maximum absolute atomic E-state index is 11.5. The summed E-state index contributed by atoms with van der Waals surface area (Å²) in [5, 5.41) is 4.96. The molecule has 18 heavy (non-hydrogen) atoms. The third-order valence-corrected chi connectivity index (χ3v) is 2.21. The molecule has 1 rings (SSSR count). The third-order valence-electron chi connectivity index (χ3n) is 2.21. The highest BCUT2D eigenvalue weighted by Gasteiger charge is 2.14. The monoisotopic (exact) mass is 250 g/mol. The van der Waals surface area contributed by atoms with Crippen LogP contribution in [0.25, 0.3) is 0 Å². The van der Waals surface area contributed by atoms with Gasteiger partial charge >= 0.3 is 5.97 Å². The maximum atomic E-state index is 11.5. The minimum atomic E-state index is -0.634. The summed E-state index contributed by atoms with van der Waals surface area (Å²) in [7, 11) is 2.70. The minimum absolute atomic E-state index is 0.316. The first-order valence-electron chi connectivity index (χ1n) is 5.26. The van der Waals surface area contributed by atoms with E-state index in [2.05, 4.69) is 15.4 Å². The summed E-state index contributed by atoms with van der Waals surface area (Å²) in [6.45, 7) is 0. The average molecular weight is 250 g/mol. The Labute approximate surface area is 104 Å². The summed E-state index contributed by atoms with van der Waals surface area (Å²) in [5.41, 5.74) is 0.684. The van der Waals surface area contributed by atoms with E-state index in [9.17, 15) is 14.4 Å². The zero-order valence-corrected chi connectivity index (χ0v) is 10.1. The Morgan fingerprint density at radius 3 is 2.50 bits per heavy atom. The van der Waals surface area contributed by atoms with Gasteiger partial charge in [-0.15, -0.1) is 0 Å². The van der Waals surface area contributed by atoms with Crippen LogP contribution in [0.3, 0.4) is 0 Å². The molecule has 0 saturated carbocycles. The lowest BCUT2D eigenvalue weighted by molar-refractivity contribution is -0.142. The number of esters is 1. The lowest BCUT2D eigenvalue weighted by Gasteiger charge is -2.09. The molecule has 0 bridgehead atoms. The maximum Gasteiger partial charge on any atom is 0.315 e. The number of anilines is 1. The van der Waals surface area contributed by atoms with E-state index < -0.39 is 18.3 Å². The van der Waals surface area contributed by atoms with Gasteiger partial charge in [0.2, 0.25) is 5.91 Å². The van der Waals surface area contributed by atoms with Crippen LogP contribution < -0.4 is 10.6 Å². The molecule has 0 spiro atoms. The summed E-state index contributed by atoms with van der Waals surface area (Å²) in [4.78, 5) is 34.0. The Hall–Kier alpha value is -2.37. The molecule has 6 heteroatoms. The standard InChI is InChI=1S/C12H14N2O4/c1-13-12(17)8-5-3-4-6-9(8)14-10(15)7-11(16)18-2/h3-6H,7H2,1-2H3,(H,13,17)(H,14,15). The van der Waals surface area contributed by atoms with Gasteiger partial charge in [0.05, 0.1) is 18.4 Å². The summed E-state index contributed by atoms with van der Waals surface area (Å²) in [5.74, 6) is -1.48. The van der Waals surface area contributed by atoms with Gasteiger partial charge in [-0.25, -0.2) is 0 Å². The van der Waals surface area contributed by atoms with Crippen LogP contribution in [0.1, 0.15) is 16.8 Å². The first kappa shape index (κ1) is 13.7. The molecular weight excluding hydrogens is 236 g/mol. The number of rotatable bonds is 4. The fourth-order valence-corrected chi connectivity index (χ4v) is 1.32. The largest absolute Gasteiger partial charge is 0.469 e. The molecule has 0 saturated heterocycles. The Morgan fingerprint density at radius 2 is 1.89 bits per heavy atom. The van der Waals surface area contributed by atoms with E-state index >= 15 is 0 Å². The van der Waals surface area contributed by atoms with Gasteiger partial charge in [-0.2, -0.15) is 0 Å². The summed E-state index contributed by atoms with van der Waals surface area (Å²) in [6.07, 6.45) is -0.390. The van der Waals surface area contributed by atoms with Gasteiger partial charge in [-0.3, -0.25) is 14.4 Å². The molecule has 2 amide bonds. The number of hydrogen-bond donors (Lipinski definition) is 2. The normalized spacial score (nSPS) is 9.44. The van der Waals surface area contributed by atoms with Crippen molar-refractivity contribution in [2.24, 2.45) is 0 Å². The molecule has 0 unspecified atom stereocenters. The van der Waals surface area contributed by atoms with Crippen LogP contribution in [0, 0.1) is 0 Å². The van der Waals surface area contributed by atoms with E-state index in [4.69, 9.17) is 0 Å². The number of para-hydroxylation sites is 1. The Kier molecular flexibility index (Phi) is 4.86. The molecule has 0 radical (unpaired) electrons. The number of carbonyl (C=O) groups excluding carboxylic acids is 3. The predicted octanol–water partition coefficient (Wildman–Crippen LogP) is 0.548. The number of ether oxygens (including phenoxy) is 1. The van der Waals surface area contributed by atoms with Gasteiger partial charge < -0.3 is 15.4 Å². The van der Waals surface area contributed by atoms with Gasteiger partial charge in [-0.05, 0) is 12.1 Å². The van der Waals surface area contributed by atoms with E-state index in [1.165, 1.54) is 14.2 Å². The van der Waals surface area contributed by atoms with E-state index in [-0.39, 0.29) is 5.91 Å². The van der Waals surface area contributed by atoms with Crippen LogP contribution in [0.5, 0.6) is 0 Å². The lowest BCUT2D eigenvalue weighted by Crippen LogP contribution is -2.22. The molecule has 0 aliphatic carbocycles. The first-order valence-corrected chi connectivity index (χ1v) is 5.26. The second-order valence-corrected chi connectivity index (χ2v) is 3.43. The fourth-order valence-electron chi connectivity index (χ4n) is 1.32. The molecule has 2 N–H and O–H groups in total. The molecule has 0 fully saturated rings. The van der Waals surface area contributed by atoms with Gasteiger partial charge in [0, 0.05) is 7.05 Å². The van der Waals surface area contributed by atoms with Gasteiger partial charge in [-0.1, -0.05) is 12.1 Å². The molecule has 0 atom stereocenters. The molecule has 1 aromatic rings. The second kappa shape index (κ2) is 6.39. The number of nitrogens with one attached hydrogen (secondary N) is 2. The molecular formula is C12H14N2O4. The van der Waals surface area contributed by atoms with Crippen LogP contribution in [0.15, 0.2) is 24.3 Å². The average Bonchev–Trinajstić information content (AvgIpc) is 2.38. The molecule has 0 aliphatic rings. The molecule has 0 heterocycles. The zero-order valence-electron chi connectivity index (χ0n) is 10.1. The zero-order chi connectivity index (χ0) is 13.5. The minimum Gasteiger partial charge on any atom is -0.469 e. The van der Waals surface area contributed by atoms with Crippen molar-refractivity contribution in [3.05, 3.63) is 29.8 Å². The predicted molar refractivity (Wildman–Crippen MR) is 65.1 cm³/mol. The van der Waals surface area contributed by atoms with E-state index in [0.29, 0.717) is 11.3 Å². The van der Waals surface area contributed by atoms with Crippen molar-refractivity contribution in [3.63, 3.8) is 0 Å². The molecule has 6 nitrogen and oxygen atoms in total. The van der Waals surface area contributed by atoms with Crippen molar-refractivity contribution in [1.82, 2.24) is 5.32 Å². The van der Waals surface area contributed by atoms with Crippen LogP contribution in [-0.4, -0.2) is 31.9 Å². The first-order chi connectivity index (χ1) is 8.58. The molecule has 0 aliphatic heterocycles. The number of benzene rings is 1. The van der Waals surface area contributed by atoms with Crippen molar-refractivity contribution in [1.29, 1.82) is 0 Å². The van der Waals surface area contributed by atoms with Crippen molar-refractivity contribution < 1.29 is 19.1 Å². The Morgan fingerprint density at radius 1 is 1.22 bits per heavy atom. The smallest absolute Gasteiger partial charge is 0.315 e. The number of amides is 2. The van der Waals surface area contributed by atoms with Crippen LogP contribution in [-0.2, 0) is 14.3 Å². The number of carbonyl (C=O) groups is 3. The molecule has 0 aromatic heterocycles. The SMILES string of the molecule is CNC(=O)c1ccccc1NC(=O)CC(=O)OC.